The second-order valence-corrected chi connectivity index (χ2v) is 6.93. The Hall–Kier alpha value is -3.46. The topological polar surface area (TPSA) is 107 Å². The molecule has 1 aromatic carbocycles. The van der Waals surface area contributed by atoms with E-state index in [2.05, 4.69) is 15.7 Å². The van der Waals surface area contributed by atoms with Gasteiger partial charge in [-0.05, 0) is 44.0 Å². The maximum atomic E-state index is 13.0. The van der Waals surface area contributed by atoms with Gasteiger partial charge in [0.1, 0.15) is 11.8 Å². The largest absolute Gasteiger partial charge is 0.383 e. The highest BCUT2D eigenvalue weighted by atomic mass is 16.5. The highest BCUT2D eigenvalue weighted by Crippen LogP contribution is 2.20. The third-order valence-corrected chi connectivity index (χ3v) is 4.88. The van der Waals surface area contributed by atoms with Gasteiger partial charge in [0.05, 0.1) is 18.7 Å². The zero-order valence-corrected chi connectivity index (χ0v) is 17.5. The number of anilines is 1. The Balaban J connectivity index is 1.93. The number of hydrogen-bond donors (Lipinski definition) is 2. The number of hydrogen-bond acceptors (Lipinski definition) is 5. The van der Waals surface area contributed by atoms with Crippen LogP contribution in [0.3, 0.4) is 0 Å². The molecule has 2 aromatic heterocycles. The minimum absolute atomic E-state index is 0.209. The fraction of sp³-hybridized carbons (Fsp3) is 0.333. The van der Waals surface area contributed by atoms with E-state index in [4.69, 9.17) is 4.74 Å². The Morgan fingerprint density at radius 1 is 1.20 bits per heavy atom. The number of methoxy groups -OCH3 is 1. The maximum Gasteiger partial charge on any atom is 0.278 e. The molecule has 30 heavy (non-hydrogen) atoms. The van der Waals surface area contributed by atoms with Crippen LogP contribution in [0.15, 0.2) is 35.5 Å². The highest BCUT2D eigenvalue weighted by molar-refractivity contribution is 6.07. The molecule has 0 aliphatic rings. The van der Waals surface area contributed by atoms with Crippen LogP contribution in [0.1, 0.15) is 38.8 Å². The molecule has 0 aliphatic heterocycles. The minimum Gasteiger partial charge on any atom is -0.383 e. The molecule has 3 aromatic rings. The first kappa shape index (κ1) is 21.3. The number of nitrogens with zero attached hydrogens (tertiary/aromatic N) is 3. The number of carbonyl (C=O) groups is 2. The molecule has 0 unspecified atom stereocenters. The van der Waals surface area contributed by atoms with Crippen LogP contribution in [0.4, 0.5) is 5.69 Å². The number of benzene rings is 1. The van der Waals surface area contributed by atoms with Crippen LogP contribution >= 0.6 is 0 Å². The fourth-order valence-corrected chi connectivity index (χ4v) is 3.17. The Labute approximate surface area is 173 Å². The van der Waals surface area contributed by atoms with E-state index >= 15 is 0 Å². The smallest absolute Gasteiger partial charge is 0.278 e. The molecule has 0 bridgehead atoms. The molecule has 0 radical (unpaired) electrons. The quantitative estimate of drug-likeness (QED) is 0.616. The minimum atomic E-state index is -0.378. The summed E-state index contributed by atoms with van der Waals surface area (Å²) in [5.41, 5.74) is 2.78. The van der Waals surface area contributed by atoms with E-state index in [1.54, 1.807) is 32.2 Å². The van der Waals surface area contributed by atoms with Gasteiger partial charge in [0.2, 0.25) is 0 Å². The lowest BCUT2D eigenvalue weighted by Crippen LogP contribution is -2.24. The molecule has 0 aliphatic carbocycles. The monoisotopic (exact) mass is 411 g/mol. The average molecular weight is 411 g/mol. The number of amides is 2. The lowest BCUT2D eigenvalue weighted by Gasteiger charge is -2.10. The van der Waals surface area contributed by atoms with Crippen molar-refractivity contribution in [2.24, 2.45) is 0 Å². The highest BCUT2D eigenvalue weighted by Gasteiger charge is 2.19. The molecule has 158 valence electrons. The molecule has 3 rings (SSSR count). The van der Waals surface area contributed by atoms with Gasteiger partial charge >= 0.3 is 0 Å². The van der Waals surface area contributed by atoms with Gasteiger partial charge in [0.25, 0.3) is 17.4 Å². The molecule has 0 saturated heterocycles. The van der Waals surface area contributed by atoms with E-state index in [1.165, 1.54) is 21.6 Å². The second-order valence-electron chi connectivity index (χ2n) is 6.93. The van der Waals surface area contributed by atoms with Crippen LogP contribution in [-0.2, 0) is 11.3 Å². The zero-order valence-electron chi connectivity index (χ0n) is 17.5. The van der Waals surface area contributed by atoms with E-state index in [0.29, 0.717) is 47.6 Å². The predicted molar refractivity (Wildman–Crippen MR) is 113 cm³/mol. The molecule has 9 heteroatoms. The first-order valence-corrected chi connectivity index (χ1v) is 9.63. The van der Waals surface area contributed by atoms with E-state index in [0.717, 1.165) is 5.56 Å². The van der Waals surface area contributed by atoms with Gasteiger partial charge in [-0.25, -0.2) is 4.52 Å². The average Bonchev–Trinajstić information content (AvgIpc) is 3.06. The maximum absolute atomic E-state index is 13.0. The van der Waals surface area contributed by atoms with Gasteiger partial charge in [0.15, 0.2) is 0 Å². The molecule has 0 atom stereocenters. The second kappa shape index (κ2) is 8.91. The van der Waals surface area contributed by atoms with Crippen molar-refractivity contribution >= 4 is 23.0 Å². The van der Waals surface area contributed by atoms with Crippen molar-refractivity contribution in [3.63, 3.8) is 0 Å². The Kier molecular flexibility index (Phi) is 6.31. The van der Waals surface area contributed by atoms with E-state index in [9.17, 15) is 14.4 Å². The summed E-state index contributed by atoms with van der Waals surface area (Å²) in [7, 11) is 1.56. The predicted octanol–water partition coefficient (Wildman–Crippen LogP) is 1.76. The van der Waals surface area contributed by atoms with Gasteiger partial charge < -0.3 is 15.4 Å². The molecule has 0 fully saturated rings. The first-order chi connectivity index (χ1) is 14.4. The summed E-state index contributed by atoms with van der Waals surface area (Å²) in [4.78, 5) is 37.8. The van der Waals surface area contributed by atoms with Crippen molar-refractivity contribution < 1.29 is 14.3 Å². The molecular formula is C21H25N5O4. The first-order valence-electron chi connectivity index (χ1n) is 9.63. The van der Waals surface area contributed by atoms with Gasteiger partial charge in [-0.3, -0.25) is 19.0 Å². The summed E-state index contributed by atoms with van der Waals surface area (Å²) >= 11 is 0. The van der Waals surface area contributed by atoms with Crippen molar-refractivity contribution in [1.29, 1.82) is 0 Å². The van der Waals surface area contributed by atoms with Crippen LogP contribution in [0, 0.1) is 13.8 Å². The number of nitrogens with one attached hydrogen (secondary N) is 2. The Morgan fingerprint density at radius 2 is 1.97 bits per heavy atom. The Bertz CT molecular complexity index is 1160. The molecule has 2 N–H and O–H groups in total. The molecule has 0 saturated carbocycles. The van der Waals surface area contributed by atoms with Gasteiger partial charge in [-0.15, -0.1) is 0 Å². The summed E-state index contributed by atoms with van der Waals surface area (Å²) in [6, 6.07) is 5.12. The number of aryl methyl sites for hydroxylation is 2. The van der Waals surface area contributed by atoms with Crippen molar-refractivity contribution in [1.82, 2.24) is 19.5 Å². The number of fused-ring (bicyclic) bond motifs is 1. The normalized spacial score (nSPS) is 10.9. The van der Waals surface area contributed by atoms with E-state index in [-0.39, 0.29) is 17.4 Å². The van der Waals surface area contributed by atoms with E-state index in [1.807, 2.05) is 13.8 Å². The van der Waals surface area contributed by atoms with E-state index < -0.39 is 0 Å². The van der Waals surface area contributed by atoms with Crippen LogP contribution in [0.25, 0.3) is 5.52 Å². The number of rotatable bonds is 7. The molecule has 0 spiro atoms. The fourth-order valence-electron chi connectivity index (χ4n) is 3.17. The number of ether oxygens (including phenoxy) is 1. The lowest BCUT2D eigenvalue weighted by molar-refractivity contribution is 0.0954. The van der Waals surface area contributed by atoms with Crippen molar-refractivity contribution in [3.05, 3.63) is 63.3 Å². The van der Waals surface area contributed by atoms with Gasteiger partial charge in [0, 0.05) is 31.1 Å². The summed E-state index contributed by atoms with van der Waals surface area (Å²) in [5.74, 6) is -0.586. The molecule has 2 heterocycles. The molecule has 9 nitrogen and oxygen atoms in total. The molecular weight excluding hydrogens is 386 g/mol. The van der Waals surface area contributed by atoms with Crippen molar-refractivity contribution in [3.8, 4) is 0 Å². The summed E-state index contributed by atoms with van der Waals surface area (Å²) in [6.45, 7) is 6.66. The summed E-state index contributed by atoms with van der Waals surface area (Å²) < 4.78 is 7.88. The third-order valence-electron chi connectivity index (χ3n) is 4.88. The SMILES string of the molecule is CCNC(=O)c1ccc(C)c(NC(=O)c2cn3ncn(CCOC)c(=O)c3c2C)c1. The van der Waals surface area contributed by atoms with Crippen LogP contribution < -0.4 is 16.2 Å². The number of carbonyl (C=O) groups excluding carboxylic acids is 2. The van der Waals surface area contributed by atoms with Crippen LogP contribution in [-0.4, -0.2) is 46.3 Å². The number of aromatic nitrogens is 3. The van der Waals surface area contributed by atoms with Gasteiger partial charge in [-0.1, -0.05) is 6.07 Å². The zero-order chi connectivity index (χ0) is 21.8. The standard InChI is InChI=1S/C21H25N5O4/c1-5-22-19(27)15-7-6-13(2)17(10-15)24-20(28)16-11-26-18(14(16)3)21(29)25(12-23-26)8-9-30-4/h6-7,10-12H,5,8-9H2,1-4H3,(H,22,27)(H,24,28). The third kappa shape index (κ3) is 4.11. The van der Waals surface area contributed by atoms with Crippen LogP contribution in [0.2, 0.25) is 0 Å². The van der Waals surface area contributed by atoms with Crippen molar-refractivity contribution in [2.75, 3.05) is 25.6 Å². The molecule has 2 amide bonds. The van der Waals surface area contributed by atoms with Crippen LogP contribution in [0.5, 0.6) is 0 Å². The van der Waals surface area contributed by atoms with Crippen molar-refractivity contribution in [2.45, 2.75) is 27.3 Å². The lowest BCUT2D eigenvalue weighted by atomic mass is 10.1. The summed E-state index contributed by atoms with van der Waals surface area (Å²) in [6.07, 6.45) is 2.96. The van der Waals surface area contributed by atoms with Gasteiger partial charge in [-0.2, -0.15) is 5.10 Å². The summed E-state index contributed by atoms with van der Waals surface area (Å²) in [5, 5.41) is 9.81. The Morgan fingerprint density at radius 3 is 2.67 bits per heavy atom.